The summed E-state index contributed by atoms with van der Waals surface area (Å²) in [5.74, 6) is 0.350. The number of aromatic nitrogens is 4. The van der Waals surface area contributed by atoms with Gasteiger partial charge in [-0.25, -0.2) is 4.98 Å². The van der Waals surface area contributed by atoms with Gasteiger partial charge >= 0.3 is 0 Å². The molecule has 3 aromatic heterocycles. The van der Waals surface area contributed by atoms with Crippen molar-refractivity contribution in [1.82, 2.24) is 19.5 Å². The maximum atomic E-state index is 9.25. The van der Waals surface area contributed by atoms with Crippen molar-refractivity contribution < 1.29 is 18.1 Å². The molecule has 0 fully saturated rings. The molecule has 0 saturated carbocycles. The summed E-state index contributed by atoms with van der Waals surface area (Å²) in [7, 11) is 0. The predicted octanol–water partition coefficient (Wildman–Crippen LogP) is 11.5. The van der Waals surface area contributed by atoms with Crippen LogP contribution in [0.15, 0.2) is 174 Å². The molecule has 5 heteroatoms. The van der Waals surface area contributed by atoms with Gasteiger partial charge in [-0.3, -0.25) is 4.57 Å². The standard InChI is InChI=1S/C45H28N4O/c1-3-11-29(12-4-1)30-19-21-31(22-20-30)32-23-25-34(26-24-32)44-46-43(33-13-5-2-6-14-33)47-45(48-44)49-38-17-9-7-15-35(38)36-27-28-40-41(42(36)49)37-16-8-10-18-39(37)50-40/h1-28H/i7D,8D,9D,10D,15D,16D,17D,18D,27D,28D. The van der Waals surface area contributed by atoms with Crippen LogP contribution in [-0.4, -0.2) is 19.5 Å². The lowest BCUT2D eigenvalue weighted by atomic mass is 9.99. The molecule has 3 heterocycles. The van der Waals surface area contributed by atoms with E-state index in [1.54, 1.807) is 0 Å². The van der Waals surface area contributed by atoms with Gasteiger partial charge in [0.15, 0.2) is 11.6 Å². The maximum Gasteiger partial charge on any atom is 0.238 e. The highest BCUT2D eigenvalue weighted by molar-refractivity contribution is 6.24. The van der Waals surface area contributed by atoms with E-state index in [2.05, 4.69) is 36.4 Å². The minimum atomic E-state index is -0.562. The molecule has 0 radical (unpaired) electrons. The fraction of sp³-hybridized carbons (Fsp3) is 0. The van der Waals surface area contributed by atoms with Gasteiger partial charge in [0.1, 0.15) is 11.2 Å². The van der Waals surface area contributed by atoms with Crippen LogP contribution in [0.4, 0.5) is 0 Å². The average molecular weight is 651 g/mol. The number of fused-ring (bicyclic) bond motifs is 7. The summed E-state index contributed by atoms with van der Waals surface area (Å²) in [6.07, 6.45) is 0. The molecule has 0 amide bonds. The third-order valence-electron chi connectivity index (χ3n) is 8.80. The Balaban J connectivity index is 1.27. The first kappa shape index (κ1) is 19.8. The number of hydrogen-bond acceptors (Lipinski definition) is 4. The van der Waals surface area contributed by atoms with Crippen molar-refractivity contribution in [3.05, 3.63) is 170 Å². The molecule has 0 unspecified atom stereocenters. The highest BCUT2D eigenvalue weighted by Gasteiger charge is 2.21. The van der Waals surface area contributed by atoms with Gasteiger partial charge in [0.05, 0.1) is 30.1 Å². The van der Waals surface area contributed by atoms with Gasteiger partial charge in [-0.1, -0.05) is 145 Å². The number of benzene rings is 7. The van der Waals surface area contributed by atoms with Crippen LogP contribution < -0.4 is 0 Å². The highest BCUT2D eigenvalue weighted by Crippen LogP contribution is 2.40. The van der Waals surface area contributed by atoms with E-state index in [0.29, 0.717) is 11.1 Å². The molecule has 0 N–H and O–H groups in total. The van der Waals surface area contributed by atoms with Crippen LogP contribution in [0.2, 0.25) is 0 Å². The van der Waals surface area contributed by atoms with E-state index in [4.69, 9.17) is 30.3 Å². The first-order valence-corrected chi connectivity index (χ1v) is 15.9. The summed E-state index contributed by atoms with van der Waals surface area (Å²) in [6.45, 7) is 0. The molecule has 0 bridgehead atoms. The summed E-state index contributed by atoms with van der Waals surface area (Å²) in [6, 6.07) is 30.1. The molecule has 0 aliphatic rings. The summed E-state index contributed by atoms with van der Waals surface area (Å²) >= 11 is 0. The molecule has 234 valence electrons. The zero-order valence-corrected chi connectivity index (χ0v) is 26.1. The molecule has 10 aromatic rings. The minimum Gasteiger partial charge on any atom is -0.456 e. The monoisotopic (exact) mass is 650 g/mol. The van der Waals surface area contributed by atoms with Crippen molar-refractivity contribution in [3.63, 3.8) is 0 Å². The molecule has 0 aliphatic heterocycles. The number of para-hydroxylation sites is 2. The summed E-state index contributed by atoms with van der Waals surface area (Å²) in [5.41, 5.74) is 4.81. The Labute approximate surface area is 301 Å². The molecule has 0 spiro atoms. The largest absolute Gasteiger partial charge is 0.456 e. The second-order valence-electron chi connectivity index (χ2n) is 11.7. The first-order valence-electron chi connectivity index (χ1n) is 20.9. The third kappa shape index (κ3) is 4.60. The van der Waals surface area contributed by atoms with E-state index in [0.717, 1.165) is 22.3 Å². The highest BCUT2D eigenvalue weighted by atomic mass is 16.3. The van der Waals surface area contributed by atoms with Gasteiger partial charge < -0.3 is 4.42 Å². The Morgan fingerprint density at radius 3 is 1.62 bits per heavy atom. The number of hydrogen-bond donors (Lipinski definition) is 0. The summed E-state index contributed by atoms with van der Waals surface area (Å²) in [4.78, 5) is 14.7. The van der Waals surface area contributed by atoms with Crippen LogP contribution in [0.25, 0.3) is 94.7 Å². The Morgan fingerprint density at radius 2 is 0.960 bits per heavy atom. The lowest BCUT2D eigenvalue weighted by Gasteiger charge is -2.12. The quantitative estimate of drug-likeness (QED) is 0.186. The predicted molar refractivity (Wildman–Crippen MR) is 203 cm³/mol. The van der Waals surface area contributed by atoms with E-state index in [1.165, 1.54) is 4.57 Å². The SMILES string of the molecule is [2H]c1c([2H])c([2H])c2c(oc3c([2H])c([2H])c4c5c([2H])c([2H])c([2H])c([2H])c5n(-c5nc(-c6ccccc6)nc(-c6ccc(-c7ccc(-c8ccccc8)cc7)cc6)n5)c4c32)c1[2H]. The van der Waals surface area contributed by atoms with Crippen LogP contribution in [0.5, 0.6) is 0 Å². The van der Waals surface area contributed by atoms with Crippen LogP contribution in [0.1, 0.15) is 13.7 Å². The Hall–Kier alpha value is -6.85. The van der Waals surface area contributed by atoms with Gasteiger partial charge in [0, 0.05) is 27.3 Å². The van der Waals surface area contributed by atoms with E-state index in [9.17, 15) is 2.74 Å². The van der Waals surface area contributed by atoms with E-state index >= 15 is 0 Å². The van der Waals surface area contributed by atoms with Gasteiger partial charge in [-0.15, -0.1) is 0 Å². The Morgan fingerprint density at radius 1 is 0.440 bits per heavy atom. The molecule has 10 rings (SSSR count). The second kappa shape index (κ2) is 11.4. The van der Waals surface area contributed by atoms with E-state index in [1.807, 2.05) is 72.8 Å². The van der Waals surface area contributed by atoms with E-state index in [-0.39, 0.29) is 61.3 Å². The topological polar surface area (TPSA) is 56.7 Å². The molecular formula is C45H28N4O. The zero-order chi connectivity index (χ0) is 41.7. The summed E-state index contributed by atoms with van der Waals surface area (Å²) in [5, 5.41) is -0.224. The smallest absolute Gasteiger partial charge is 0.238 e. The van der Waals surface area contributed by atoms with Crippen LogP contribution in [0, 0.1) is 0 Å². The average Bonchev–Trinajstić information content (AvgIpc) is 3.87. The van der Waals surface area contributed by atoms with Crippen molar-refractivity contribution in [2.75, 3.05) is 0 Å². The molecule has 0 atom stereocenters. The lowest BCUT2D eigenvalue weighted by Crippen LogP contribution is -2.06. The van der Waals surface area contributed by atoms with Gasteiger partial charge in [0.2, 0.25) is 5.95 Å². The zero-order valence-electron chi connectivity index (χ0n) is 36.1. The molecule has 7 aromatic carbocycles. The first-order chi connectivity index (χ1) is 28.9. The molecule has 5 nitrogen and oxygen atoms in total. The fourth-order valence-corrected chi connectivity index (χ4v) is 6.42. The van der Waals surface area contributed by atoms with Crippen molar-refractivity contribution in [2.45, 2.75) is 0 Å². The van der Waals surface area contributed by atoms with Gasteiger partial charge in [-0.05, 0) is 46.4 Å². The van der Waals surface area contributed by atoms with Crippen molar-refractivity contribution in [3.8, 4) is 51.0 Å². The van der Waals surface area contributed by atoms with Crippen LogP contribution >= 0.6 is 0 Å². The Bertz CT molecular complexity index is 3410. The molecule has 0 saturated heterocycles. The van der Waals surface area contributed by atoms with Crippen molar-refractivity contribution in [2.24, 2.45) is 0 Å². The molecule has 50 heavy (non-hydrogen) atoms. The third-order valence-corrected chi connectivity index (χ3v) is 8.80. The van der Waals surface area contributed by atoms with E-state index < -0.39 is 60.4 Å². The van der Waals surface area contributed by atoms with Gasteiger partial charge in [-0.2, -0.15) is 9.97 Å². The second-order valence-corrected chi connectivity index (χ2v) is 11.7. The van der Waals surface area contributed by atoms with Crippen LogP contribution in [-0.2, 0) is 0 Å². The lowest BCUT2D eigenvalue weighted by molar-refractivity contribution is 0.669. The number of rotatable bonds is 5. The van der Waals surface area contributed by atoms with Gasteiger partial charge in [0.25, 0.3) is 0 Å². The van der Waals surface area contributed by atoms with Crippen molar-refractivity contribution in [1.29, 1.82) is 0 Å². The van der Waals surface area contributed by atoms with Crippen LogP contribution in [0.3, 0.4) is 0 Å². The van der Waals surface area contributed by atoms with Crippen molar-refractivity contribution >= 4 is 43.7 Å². The molecular weight excluding hydrogens is 613 g/mol. The number of nitrogens with zero attached hydrogens (tertiary/aromatic N) is 4. The number of furan rings is 1. The summed E-state index contributed by atoms with van der Waals surface area (Å²) < 4.78 is 95.8. The maximum absolute atomic E-state index is 9.25. The minimum absolute atomic E-state index is 0.00641. The Kier molecular flexibility index (Phi) is 4.52. The normalized spacial score (nSPS) is 14.4. The molecule has 0 aliphatic carbocycles. The fourth-order valence-electron chi connectivity index (χ4n) is 6.42.